The van der Waals surface area contributed by atoms with Crippen LogP contribution in [0.4, 0.5) is 0 Å². The van der Waals surface area contributed by atoms with Crippen LogP contribution >= 0.6 is 11.6 Å². The van der Waals surface area contributed by atoms with E-state index >= 15 is 0 Å². The Kier molecular flexibility index (Phi) is 5.01. The zero-order chi connectivity index (χ0) is 15.7. The Morgan fingerprint density at radius 2 is 1.90 bits per heavy atom. The molecule has 21 heavy (non-hydrogen) atoms. The van der Waals surface area contributed by atoms with Gasteiger partial charge in [-0.25, -0.2) is 8.42 Å². The van der Waals surface area contributed by atoms with Crippen LogP contribution in [0.15, 0.2) is 24.3 Å². The lowest BCUT2D eigenvalue weighted by molar-refractivity contribution is 0.288. The van der Waals surface area contributed by atoms with Gasteiger partial charge in [-0.2, -0.15) is 0 Å². The second-order valence-electron chi connectivity index (χ2n) is 6.53. The summed E-state index contributed by atoms with van der Waals surface area (Å²) in [5, 5.41) is 3.71. The summed E-state index contributed by atoms with van der Waals surface area (Å²) in [7, 11) is -3.17. The van der Waals surface area contributed by atoms with Gasteiger partial charge in [0.2, 0.25) is 0 Å². The van der Waals surface area contributed by atoms with Crippen molar-refractivity contribution in [1.82, 2.24) is 5.32 Å². The molecule has 2 rings (SSSR count). The van der Waals surface area contributed by atoms with Crippen molar-refractivity contribution in [3.05, 3.63) is 34.9 Å². The molecule has 0 radical (unpaired) electrons. The first-order chi connectivity index (χ1) is 9.76. The van der Waals surface area contributed by atoms with Crippen LogP contribution in [0.3, 0.4) is 0 Å². The van der Waals surface area contributed by atoms with Crippen molar-refractivity contribution in [1.29, 1.82) is 0 Å². The van der Waals surface area contributed by atoms with Crippen molar-refractivity contribution in [3.63, 3.8) is 0 Å². The standard InChI is InChI=1S/C16H24ClNO2S/c1-4-18-15-14(9-10-16(15,2)3)21(19,20)11-12-5-7-13(17)8-6-12/h5-8,14-15,18H,4,9-11H2,1-3H3. The Hall–Kier alpha value is -0.580. The number of rotatable bonds is 5. The third-order valence-electron chi connectivity index (χ3n) is 4.45. The summed E-state index contributed by atoms with van der Waals surface area (Å²) < 4.78 is 25.6. The van der Waals surface area contributed by atoms with E-state index in [2.05, 4.69) is 19.2 Å². The quantitative estimate of drug-likeness (QED) is 0.900. The average molecular weight is 330 g/mol. The van der Waals surface area contributed by atoms with Crippen LogP contribution in [0.1, 0.15) is 39.2 Å². The molecule has 1 aromatic carbocycles. The highest BCUT2D eigenvalue weighted by atomic mass is 35.5. The summed E-state index contributed by atoms with van der Waals surface area (Å²) in [6.45, 7) is 7.12. The normalized spacial score (nSPS) is 25.1. The molecule has 5 heteroatoms. The average Bonchev–Trinajstić information content (AvgIpc) is 2.69. The molecule has 1 N–H and O–H groups in total. The summed E-state index contributed by atoms with van der Waals surface area (Å²) in [5.74, 6) is 0.0901. The highest BCUT2D eigenvalue weighted by Crippen LogP contribution is 2.41. The van der Waals surface area contributed by atoms with E-state index in [1.807, 2.05) is 6.92 Å². The predicted octanol–water partition coefficient (Wildman–Crippen LogP) is 3.42. The van der Waals surface area contributed by atoms with Crippen molar-refractivity contribution in [2.75, 3.05) is 6.54 Å². The second-order valence-corrected chi connectivity index (χ2v) is 9.19. The minimum atomic E-state index is -3.17. The van der Waals surface area contributed by atoms with Gasteiger partial charge >= 0.3 is 0 Å². The molecule has 1 aromatic rings. The zero-order valence-electron chi connectivity index (χ0n) is 12.9. The van der Waals surface area contributed by atoms with Crippen LogP contribution in [-0.2, 0) is 15.6 Å². The van der Waals surface area contributed by atoms with Crippen LogP contribution in [0.5, 0.6) is 0 Å². The summed E-state index contributed by atoms with van der Waals surface area (Å²) >= 11 is 5.85. The second kappa shape index (κ2) is 6.27. The topological polar surface area (TPSA) is 46.2 Å². The minimum Gasteiger partial charge on any atom is -0.312 e. The van der Waals surface area contributed by atoms with Crippen molar-refractivity contribution in [3.8, 4) is 0 Å². The molecule has 1 saturated carbocycles. The third kappa shape index (κ3) is 3.79. The molecule has 0 spiro atoms. The smallest absolute Gasteiger partial charge is 0.158 e. The van der Waals surface area contributed by atoms with Gasteiger partial charge < -0.3 is 5.32 Å². The van der Waals surface area contributed by atoms with E-state index < -0.39 is 9.84 Å². The summed E-state index contributed by atoms with van der Waals surface area (Å²) in [6.07, 6.45) is 1.68. The molecule has 0 amide bonds. The van der Waals surface area contributed by atoms with Crippen LogP contribution in [0.2, 0.25) is 5.02 Å². The SMILES string of the molecule is CCNC1C(S(=O)(=O)Cc2ccc(Cl)cc2)CCC1(C)C. The van der Waals surface area contributed by atoms with Gasteiger partial charge in [0, 0.05) is 11.1 Å². The number of hydrogen-bond donors (Lipinski definition) is 1. The Labute approximate surface area is 133 Å². The molecule has 0 saturated heterocycles. The number of halogens is 1. The highest BCUT2D eigenvalue weighted by molar-refractivity contribution is 7.91. The largest absolute Gasteiger partial charge is 0.312 e. The molecule has 0 aliphatic heterocycles. The van der Waals surface area contributed by atoms with Crippen LogP contribution in [-0.4, -0.2) is 26.3 Å². The van der Waals surface area contributed by atoms with Gasteiger partial charge in [-0.15, -0.1) is 0 Å². The molecule has 1 aliphatic rings. The van der Waals surface area contributed by atoms with E-state index in [1.54, 1.807) is 24.3 Å². The molecular formula is C16H24ClNO2S. The molecule has 1 aliphatic carbocycles. The molecule has 118 valence electrons. The molecule has 2 atom stereocenters. The molecule has 0 heterocycles. The molecule has 1 fully saturated rings. The van der Waals surface area contributed by atoms with E-state index in [1.165, 1.54) is 0 Å². The first-order valence-corrected chi connectivity index (χ1v) is 9.55. The lowest BCUT2D eigenvalue weighted by Crippen LogP contribution is -2.47. The molecule has 0 bridgehead atoms. The van der Waals surface area contributed by atoms with Crippen LogP contribution in [0, 0.1) is 5.41 Å². The summed E-state index contributed by atoms with van der Waals surface area (Å²) in [6, 6.07) is 7.10. The third-order valence-corrected chi connectivity index (χ3v) is 6.87. The van der Waals surface area contributed by atoms with Gasteiger partial charge in [0.15, 0.2) is 9.84 Å². The maximum Gasteiger partial charge on any atom is 0.158 e. The summed E-state index contributed by atoms with van der Waals surface area (Å²) in [4.78, 5) is 0. The van der Waals surface area contributed by atoms with E-state index in [9.17, 15) is 8.42 Å². The van der Waals surface area contributed by atoms with E-state index in [4.69, 9.17) is 11.6 Å². The van der Waals surface area contributed by atoms with Crippen LogP contribution in [0.25, 0.3) is 0 Å². The van der Waals surface area contributed by atoms with E-state index in [-0.39, 0.29) is 22.5 Å². The fraction of sp³-hybridized carbons (Fsp3) is 0.625. The fourth-order valence-corrected chi connectivity index (χ4v) is 5.63. The first kappa shape index (κ1) is 16.8. The van der Waals surface area contributed by atoms with Crippen molar-refractivity contribution in [2.24, 2.45) is 5.41 Å². The van der Waals surface area contributed by atoms with Gasteiger partial charge in [-0.05, 0) is 42.5 Å². The molecular weight excluding hydrogens is 306 g/mol. The number of sulfone groups is 1. The molecule has 0 aromatic heterocycles. The maximum absolute atomic E-state index is 12.8. The Bertz CT molecular complexity index is 581. The maximum atomic E-state index is 12.8. The molecule has 2 unspecified atom stereocenters. The van der Waals surface area contributed by atoms with Crippen molar-refractivity contribution < 1.29 is 8.42 Å². The van der Waals surface area contributed by atoms with E-state index in [0.29, 0.717) is 5.02 Å². The lowest BCUT2D eigenvalue weighted by atomic mass is 9.87. The highest BCUT2D eigenvalue weighted by Gasteiger charge is 2.47. The lowest BCUT2D eigenvalue weighted by Gasteiger charge is -2.31. The Morgan fingerprint density at radius 1 is 1.29 bits per heavy atom. The van der Waals surface area contributed by atoms with Crippen LogP contribution < -0.4 is 5.32 Å². The summed E-state index contributed by atoms with van der Waals surface area (Å²) in [5.41, 5.74) is 0.827. The Balaban J connectivity index is 2.20. The fourth-order valence-electron chi connectivity index (χ4n) is 3.27. The molecule has 3 nitrogen and oxygen atoms in total. The van der Waals surface area contributed by atoms with Gasteiger partial charge in [0.25, 0.3) is 0 Å². The van der Waals surface area contributed by atoms with Gasteiger partial charge in [0.05, 0.1) is 11.0 Å². The van der Waals surface area contributed by atoms with Crippen molar-refractivity contribution >= 4 is 21.4 Å². The number of hydrogen-bond acceptors (Lipinski definition) is 3. The zero-order valence-corrected chi connectivity index (χ0v) is 14.5. The monoisotopic (exact) mass is 329 g/mol. The minimum absolute atomic E-state index is 0.0216. The number of nitrogens with one attached hydrogen (secondary N) is 1. The Morgan fingerprint density at radius 3 is 2.48 bits per heavy atom. The first-order valence-electron chi connectivity index (χ1n) is 7.45. The number of benzene rings is 1. The predicted molar refractivity (Wildman–Crippen MR) is 88.3 cm³/mol. The van der Waals surface area contributed by atoms with Gasteiger partial charge in [-0.1, -0.05) is 44.5 Å². The van der Waals surface area contributed by atoms with Gasteiger partial charge in [0.1, 0.15) is 0 Å². The van der Waals surface area contributed by atoms with E-state index in [0.717, 1.165) is 24.9 Å². The van der Waals surface area contributed by atoms with Gasteiger partial charge in [-0.3, -0.25) is 0 Å². The van der Waals surface area contributed by atoms with Crippen molar-refractivity contribution in [2.45, 2.75) is 50.7 Å².